The second-order valence-corrected chi connectivity index (χ2v) is 9.26. The monoisotopic (exact) mass is 396 g/mol. The summed E-state index contributed by atoms with van der Waals surface area (Å²) in [5, 5.41) is 0. The van der Waals surface area contributed by atoms with E-state index in [1.807, 2.05) is 0 Å². The van der Waals surface area contributed by atoms with Crippen molar-refractivity contribution in [2.75, 3.05) is 7.11 Å². The number of carbonyl (C=O) groups is 4. The molecule has 0 bridgehead atoms. The summed E-state index contributed by atoms with van der Waals surface area (Å²) in [5.74, 6) is -3.52. The Labute approximate surface area is 166 Å². The molecule has 0 aromatic carbocycles. The predicted octanol–water partition coefficient (Wildman–Crippen LogP) is 3.14. The van der Waals surface area contributed by atoms with E-state index in [2.05, 4.69) is 6.58 Å². The maximum atomic E-state index is 13.1. The minimum absolute atomic E-state index is 0.0128. The molecule has 0 unspecified atom stereocenters. The maximum absolute atomic E-state index is 13.1. The molecule has 0 heterocycles. The van der Waals surface area contributed by atoms with Gasteiger partial charge in [-0.05, 0) is 60.8 Å². The van der Waals surface area contributed by atoms with Crippen LogP contribution >= 0.6 is 0 Å². The van der Waals surface area contributed by atoms with Crippen LogP contribution in [0.4, 0.5) is 0 Å². The molecular weight excluding hydrogens is 364 g/mol. The van der Waals surface area contributed by atoms with Crippen molar-refractivity contribution in [2.45, 2.75) is 78.4 Å². The molecule has 0 aliphatic heterocycles. The number of Topliss-reactive ketones (excluding diaryl/α,β-unsaturated/α-hetero) is 1. The van der Waals surface area contributed by atoms with Crippen LogP contribution in [0.1, 0.15) is 67.2 Å². The van der Waals surface area contributed by atoms with Gasteiger partial charge in [-0.15, -0.1) is 0 Å². The van der Waals surface area contributed by atoms with E-state index in [0.29, 0.717) is 5.57 Å². The van der Waals surface area contributed by atoms with Crippen LogP contribution in [0, 0.1) is 11.3 Å². The highest BCUT2D eigenvalue weighted by molar-refractivity contribution is 6.03. The molecule has 7 heteroatoms. The number of allylic oxidation sites excluding steroid dienone is 1. The second kappa shape index (κ2) is 8.45. The molecule has 1 aliphatic rings. The van der Waals surface area contributed by atoms with Crippen molar-refractivity contribution in [3.63, 3.8) is 0 Å². The number of ketones is 1. The Morgan fingerprint density at radius 1 is 1.00 bits per heavy atom. The molecule has 158 valence electrons. The molecule has 0 N–H and O–H groups in total. The van der Waals surface area contributed by atoms with Gasteiger partial charge in [0.05, 0.1) is 7.11 Å². The summed E-state index contributed by atoms with van der Waals surface area (Å²) < 4.78 is 15.7. The van der Waals surface area contributed by atoms with Crippen molar-refractivity contribution >= 4 is 23.7 Å². The molecule has 0 aromatic rings. The van der Waals surface area contributed by atoms with E-state index in [1.165, 1.54) is 7.11 Å². The Morgan fingerprint density at radius 2 is 1.46 bits per heavy atom. The highest BCUT2D eigenvalue weighted by atomic mass is 16.6. The highest BCUT2D eigenvalue weighted by Gasteiger charge is 2.53. The summed E-state index contributed by atoms with van der Waals surface area (Å²) in [6.07, 6.45) is -0.315. The van der Waals surface area contributed by atoms with E-state index in [4.69, 9.17) is 14.2 Å². The molecule has 0 amide bonds. The Bertz CT molecular complexity index is 633. The molecule has 1 rings (SSSR count). The van der Waals surface area contributed by atoms with Crippen molar-refractivity contribution in [1.29, 1.82) is 0 Å². The van der Waals surface area contributed by atoms with Crippen molar-refractivity contribution in [3.05, 3.63) is 12.2 Å². The fourth-order valence-corrected chi connectivity index (χ4v) is 3.04. The van der Waals surface area contributed by atoms with Gasteiger partial charge in [0.1, 0.15) is 22.9 Å². The zero-order valence-corrected chi connectivity index (χ0v) is 18.0. The van der Waals surface area contributed by atoms with Gasteiger partial charge in [-0.3, -0.25) is 19.2 Å². The summed E-state index contributed by atoms with van der Waals surface area (Å²) in [6.45, 7) is 14.1. The molecule has 1 aliphatic carbocycles. The smallest absolute Gasteiger partial charge is 0.324 e. The van der Waals surface area contributed by atoms with Gasteiger partial charge in [0.25, 0.3) is 0 Å². The van der Waals surface area contributed by atoms with Crippen LogP contribution in [0.2, 0.25) is 0 Å². The van der Waals surface area contributed by atoms with Gasteiger partial charge >= 0.3 is 17.9 Å². The van der Waals surface area contributed by atoms with E-state index in [0.717, 1.165) is 0 Å². The van der Waals surface area contributed by atoms with E-state index >= 15 is 0 Å². The summed E-state index contributed by atoms with van der Waals surface area (Å²) in [4.78, 5) is 50.7. The first kappa shape index (κ1) is 23.9. The zero-order valence-electron chi connectivity index (χ0n) is 18.0. The molecule has 0 spiro atoms. The van der Waals surface area contributed by atoms with Gasteiger partial charge in [0.15, 0.2) is 5.41 Å². The highest BCUT2D eigenvalue weighted by Crippen LogP contribution is 2.41. The predicted molar refractivity (Wildman–Crippen MR) is 102 cm³/mol. The lowest BCUT2D eigenvalue weighted by Crippen LogP contribution is -2.48. The largest absolute Gasteiger partial charge is 0.468 e. The van der Waals surface area contributed by atoms with E-state index < -0.39 is 46.2 Å². The number of ether oxygens (including phenoxy) is 3. The minimum Gasteiger partial charge on any atom is -0.468 e. The number of carbonyl (C=O) groups excluding carboxylic acids is 4. The van der Waals surface area contributed by atoms with Gasteiger partial charge < -0.3 is 14.2 Å². The average molecular weight is 396 g/mol. The normalized spacial score (nSPS) is 20.6. The van der Waals surface area contributed by atoms with Crippen molar-refractivity contribution in [2.24, 2.45) is 11.3 Å². The number of rotatable bonds is 3. The van der Waals surface area contributed by atoms with Crippen LogP contribution in [0.15, 0.2) is 12.2 Å². The standard InChI is InChI=1S/C21H32O7/c1-13-11-14(16(23)26-8)15(22)9-10-21(12-13,17(24)27-19(2,3)4)18(25)28-20(5,6)7/h14H,1,9-12H2,2-8H3/t14-/m1/s1. The third-order valence-electron chi connectivity index (χ3n) is 4.30. The number of methoxy groups -OCH3 is 1. The fourth-order valence-electron chi connectivity index (χ4n) is 3.04. The van der Waals surface area contributed by atoms with Crippen LogP contribution in [0.3, 0.4) is 0 Å². The van der Waals surface area contributed by atoms with Crippen LogP contribution in [0.25, 0.3) is 0 Å². The number of hydrogen-bond donors (Lipinski definition) is 0. The minimum atomic E-state index is -1.69. The van der Waals surface area contributed by atoms with E-state index in [-0.39, 0.29) is 25.7 Å². The molecule has 28 heavy (non-hydrogen) atoms. The lowest BCUT2D eigenvalue weighted by molar-refractivity contribution is -0.186. The molecule has 1 fully saturated rings. The van der Waals surface area contributed by atoms with Gasteiger partial charge in [-0.25, -0.2) is 0 Å². The SMILES string of the molecule is C=C1C[C@@H](C(=O)OC)C(=O)CCC(C(=O)OC(C)(C)C)(C(=O)OC(C)(C)C)C1. The summed E-state index contributed by atoms with van der Waals surface area (Å²) >= 11 is 0. The Balaban J connectivity index is 3.33. The van der Waals surface area contributed by atoms with Crippen LogP contribution < -0.4 is 0 Å². The quantitative estimate of drug-likeness (QED) is 0.313. The van der Waals surface area contributed by atoms with Crippen molar-refractivity contribution < 1.29 is 33.4 Å². The van der Waals surface area contributed by atoms with Gasteiger partial charge in [0.2, 0.25) is 0 Å². The second-order valence-electron chi connectivity index (χ2n) is 9.26. The van der Waals surface area contributed by atoms with Crippen molar-refractivity contribution in [3.8, 4) is 0 Å². The topological polar surface area (TPSA) is 96.0 Å². The average Bonchev–Trinajstić information content (AvgIpc) is 2.50. The first-order valence-corrected chi connectivity index (χ1v) is 9.35. The Kier molecular flexibility index (Phi) is 7.20. The van der Waals surface area contributed by atoms with Crippen LogP contribution in [-0.2, 0) is 33.4 Å². The molecule has 0 radical (unpaired) electrons. The Hall–Kier alpha value is -2.18. The Morgan fingerprint density at radius 3 is 1.86 bits per heavy atom. The van der Waals surface area contributed by atoms with Gasteiger partial charge in [-0.1, -0.05) is 12.2 Å². The fraction of sp³-hybridized carbons (Fsp3) is 0.714. The van der Waals surface area contributed by atoms with Gasteiger partial charge in [0, 0.05) is 6.42 Å². The first-order chi connectivity index (χ1) is 12.6. The zero-order chi connectivity index (χ0) is 21.9. The lowest BCUT2D eigenvalue weighted by atomic mass is 9.72. The lowest BCUT2D eigenvalue weighted by Gasteiger charge is -2.36. The van der Waals surface area contributed by atoms with Crippen molar-refractivity contribution in [1.82, 2.24) is 0 Å². The molecule has 0 saturated heterocycles. The molecule has 1 saturated carbocycles. The molecule has 0 aromatic heterocycles. The summed E-state index contributed by atoms with van der Waals surface area (Å²) in [5.41, 5.74) is -2.92. The van der Waals surface area contributed by atoms with Crippen LogP contribution in [0.5, 0.6) is 0 Å². The van der Waals surface area contributed by atoms with E-state index in [9.17, 15) is 19.2 Å². The third kappa shape index (κ3) is 6.17. The molecular formula is C21H32O7. The van der Waals surface area contributed by atoms with Crippen LogP contribution in [-0.4, -0.2) is 42.0 Å². The summed E-state index contributed by atoms with van der Waals surface area (Å²) in [7, 11) is 1.21. The number of hydrogen-bond acceptors (Lipinski definition) is 7. The first-order valence-electron chi connectivity index (χ1n) is 9.35. The molecule has 7 nitrogen and oxygen atoms in total. The summed E-state index contributed by atoms with van der Waals surface area (Å²) in [6, 6.07) is 0. The van der Waals surface area contributed by atoms with E-state index in [1.54, 1.807) is 41.5 Å². The van der Waals surface area contributed by atoms with Gasteiger partial charge in [-0.2, -0.15) is 0 Å². The molecule has 1 atom stereocenters. The number of esters is 3. The maximum Gasteiger partial charge on any atom is 0.324 e. The third-order valence-corrected chi connectivity index (χ3v) is 4.30.